The van der Waals surface area contributed by atoms with E-state index in [2.05, 4.69) is 18.7 Å². The maximum absolute atomic E-state index is 12.7. The Morgan fingerprint density at radius 1 is 1.23 bits per heavy atom. The van der Waals surface area contributed by atoms with Gasteiger partial charge in [-0.05, 0) is 48.6 Å². The standard InChI is InChI=1S/C22H25NO3/c1-16(2)13-21-20-10-9-19(25-3)14-18(20)11-12-23(21)22(24)26-15-17-7-5-4-6-8-17/h4-10,14,21H,1,11-13,15H2,2-3H3. The predicted molar refractivity (Wildman–Crippen MR) is 102 cm³/mol. The first-order valence-corrected chi connectivity index (χ1v) is 8.87. The van der Waals surface area contributed by atoms with Gasteiger partial charge < -0.3 is 14.4 Å². The lowest BCUT2D eigenvalue weighted by Gasteiger charge is -2.37. The number of amides is 1. The Hall–Kier alpha value is -2.75. The van der Waals surface area contributed by atoms with Crippen molar-refractivity contribution in [1.29, 1.82) is 0 Å². The molecule has 1 amide bonds. The fraction of sp³-hybridized carbons (Fsp3) is 0.318. The van der Waals surface area contributed by atoms with Crippen LogP contribution in [0.25, 0.3) is 0 Å². The van der Waals surface area contributed by atoms with E-state index >= 15 is 0 Å². The van der Waals surface area contributed by atoms with Crippen LogP contribution in [0.5, 0.6) is 5.75 Å². The lowest BCUT2D eigenvalue weighted by Crippen LogP contribution is -2.40. The number of hydrogen-bond acceptors (Lipinski definition) is 3. The minimum Gasteiger partial charge on any atom is -0.497 e. The van der Waals surface area contributed by atoms with E-state index in [1.807, 2.05) is 48.2 Å². The van der Waals surface area contributed by atoms with E-state index in [9.17, 15) is 4.79 Å². The number of hydrogen-bond donors (Lipinski definition) is 0. The van der Waals surface area contributed by atoms with Crippen molar-refractivity contribution >= 4 is 6.09 Å². The largest absolute Gasteiger partial charge is 0.497 e. The highest BCUT2D eigenvalue weighted by molar-refractivity contribution is 5.69. The molecule has 4 heteroatoms. The topological polar surface area (TPSA) is 38.8 Å². The van der Waals surface area contributed by atoms with Gasteiger partial charge in [0.25, 0.3) is 0 Å². The van der Waals surface area contributed by atoms with Crippen LogP contribution in [0.15, 0.2) is 60.7 Å². The number of carbonyl (C=O) groups is 1. The van der Waals surface area contributed by atoms with Crippen LogP contribution >= 0.6 is 0 Å². The Balaban J connectivity index is 1.78. The third-order valence-electron chi connectivity index (χ3n) is 4.69. The van der Waals surface area contributed by atoms with Gasteiger partial charge in [0.2, 0.25) is 0 Å². The summed E-state index contributed by atoms with van der Waals surface area (Å²) >= 11 is 0. The molecule has 4 nitrogen and oxygen atoms in total. The fourth-order valence-corrected chi connectivity index (χ4v) is 3.39. The summed E-state index contributed by atoms with van der Waals surface area (Å²) in [5.74, 6) is 0.845. The van der Waals surface area contributed by atoms with Crippen molar-refractivity contribution in [2.45, 2.75) is 32.4 Å². The molecular weight excluding hydrogens is 326 g/mol. The van der Waals surface area contributed by atoms with Crippen LogP contribution in [-0.2, 0) is 17.8 Å². The second kappa shape index (κ2) is 8.09. The second-order valence-electron chi connectivity index (χ2n) is 6.73. The van der Waals surface area contributed by atoms with Crippen molar-refractivity contribution in [3.63, 3.8) is 0 Å². The van der Waals surface area contributed by atoms with E-state index in [1.165, 1.54) is 5.56 Å². The molecule has 0 aliphatic carbocycles. The number of ether oxygens (including phenoxy) is 2. The van der Waals surface area contributed by atoms with Crippen LogP contribution in [0.4, 0.5) is 4.79 Å². The third-order valence-corrected chi connectivity index (χ3v) is 4.69. The molecule has 1 aliphatic rings. The van der Waals surface area contributed by atoms with E-state index in [-0.39, 0.29) is 18.7 Å². The van der Waals surface area contributed by atoms with Gasteiger partial charge in [-0.1, -0.05) is 42.0 Å². The Morgan fingerprint density at radius 3 is 2.69 bits per heavy atom. The van der Waals surface area contributed by atoms with E-state index in [1.54, 1.807) is 7.11 Å². The summed E-state index contributed by atoms with van der Waals surface area (Å²) in [5, 5.41) is 0. The smallest absolute Gasteiger partial charge is 0.410 e. The molecule has 0 saturated heterocycles. The highest BCUT2D eigenvalue weighted by Gasteiger charge is 2.32. The molecule has 0 aromatic heterocycles. The molecule has 1 heterocycles. The van der Waals surface area contributed by atoms with Crippen LogP contribution in [-0.4, -0.2) is 24.6 Å². The molecule has 0 N–H and O–H groups in total. The molecule has 2 aromatic rings. The van der Waals surface area contributed by atoms with Crippen molar-refractivity contribution in [1.82, 2.24) is 4.90 Å². The summed E-state index contributed by atoms with van der Waals surface area (Å²) in [4.78, 5) is 14.6. The summed E-state index contributed by atoms with van der Waals surface area (Å²) in [6, 6.07) is 15.8. The van der Waals surface area contributed by atoms with Crippen molar-refractivity contribution in [2.75, 3.05) is 13.7 Å². The highest BCUT2D eigenvalue weighted by atomic mass is 16.6. The third kappa shape index (κ3) is 4.07. The number of fused-ring (bicyclic) bond motifs is 1. The molecule has 2 aromatic carbocycles. The first-order valence-electron chi connectivity index (χ1n) is 8.87. The van der Waals surface area contributed by atoms with Gasteiger partial charge in [-0.25, -0.2) is 4.79 Å². The van der Waals surface area contributed by atoms with E-state index in [0.29, 0.717) is 6.54 Å². The Morgan fingerprint density at radius 2 is 2.00 bits per heavy atom. The molecule has 1 atom stereocenters. The summed E-state index contributed by atoms with van der Waals surface area (Å²) in [6.07, 6.45) is 1.24. The lowest BCUT2D eigenvalue weighted by molar-refractivity contribution is 0.0769. The summed E-state index contributed by atoms with van der Waals surface area (Å²) in [5.41, 5.74) is 4.40. The van der Waals surface area contributed by atoms with Gasteiger partial charge in [0, 0.05) is 6.54 Å². The van der Waals surface area contributed by atoms with Gasteiger partial charge in [0.05, 0.1) is 13.2 Å². The number of rotatable bonds is 5. The first kappa shape index (κ1) is 18.1. The van der Waals surface area contributed by atoms with Crippen LogP contribution in [0.2, 0.25) is 0 Å². The quantitative estimate of drug-likeness (QED) is 0.719. The Bertz CT molecular complexity index is 785. The van der Waals surface area contributed by atoms with Crippen molar-refractivity contribution < 1.29 is 14.3 Å². The highest BCUT2D eigenvalue weighted by Crippen LogP contribution is 2.36. The van der Waals surface area contributed by atoms with Crippen molar-refractivity contribution in [3.05, 3.63) is 77.4 Å². The molecule has 26 heavy (non-hydrogen) atoms. The minimum absolute atomic E-state index is 0.0505. The minimum atomic E-state index is -0.276. The van der Waals surface area contributed by atoms with Gasteiger partial charge in [-0.3, -0.25) is 0 Å². The molecular formula is C22H25NO3. The first-order chi connectivity index (χ1) is 12.6. The van der Waals surface area contributed by atoms with Gasteiger partial charge in [-0.15, -0.1) is 6.58 Å². The van der Waals surface area contributed by atoms with E-state index in [4.69, 9.17) is 9.47 Å². The molecule has 136 valence electrons. The number of nitrogens with zero attached hydrogens (tertiary/aromatic N) is 1. The molecule has 0 saturated carbocycles. The second-order valence-corrected chi connectivity index (χ2v) is 6.73. The van der Waals surface area contributed by atoms with Gasteiger partial charge >= 0.3 is 6.09 Å². The normalized spacial score (nSPS) is 15.9. The maximum atomic E-state index is 12.7. The Kier molecular flexibility index (Phi) is 5.61. The lowest BCUT2D eigenvalue weighted by atomic mass is 9.89. The van der Waals surface area contributed by atoms with Crippen molar-refractivity contribution in [2.24, 2.45) is 0 Å². The van der Waals surface area contributed by atoms with Gasteiger partial charge in [-0.2, -0.15) is 0 Å². The maximum Gasteiger partial charge on any atom is 0.410 e. The summed E-state index contributed by atoms with van der Waals surface area (Å²) in [7, 11) is 1.67. The molecule has 0 bridgehead atoms. The summed E-state index contributed by atoms with van der Waals surface area (Å²) in [6.45, 7) is 6.94. The zero-order valence-corrected chi connectivity index (χ0v) is 15.4. The Labute approximate surface area is 155 Å². The van der Waals surface area contributed by atoms with Crippen LogP contribution in [0.1, 0.15) is 36.1 Å². The van der Waals surface area contributed by atoms with Gasteiger partial charge in [0.15, 0.2) is 0 Å². The molecule has 1 aliphatic heterocycles. The molecule has 3 rings (SSSR count). The van der Waals surface area contributed by atoms with Crippen LogP contribution in [0, 0.1) is 0 Å². The molecule has 1 unspecified atom stereocenters. The van der Waals surface area contributed by atoms with E-state index < -0.39 is 0 Å². The monoisotopic (exact) mass is 351 g/mol. The number of carbonyl (C=O) groups excluding carboxylic acids is 1. The van der Waals surface area contributed by atoms with Crippen molar-refractivity contribution in [3.8, 4) is 5.75 Å². The fourth-order valence-electron chi connectivity index (χ4n) is 3.39. The number of benzene rings is 2. The SMILES string of the molecule is C=C(C)CC1c2ccc(OC)cc2CCN1C(=O)OCc1ccccc1. The molecule has 0 fully saturated rings. The zero-order valence-electron chi connectivity index (χ0n) is 15.4. The van der Waals surface area contributed by atoms with E-state index in [0.717, 1.165) is 35.3 Å². The predicted octanol–water partition coefficient (Wildman–Crippen LogP) is 4.90. The molecule has 0 spiro atoms. The van der Waals surface area contributed by atoms with Crippen LogP contribution < -0.4 is 4.74 Å². The number of methoxy groups -OCH3 is 1. The average molecular weight is 351 g/mol. The summed E-state index contributed by atoms with van der Waals surface area (Å²) < 4.78 is 10.9. The van der Waals surface area contributed by atoms with Gasteiger partial charge in [0.1, 0.15) is 12.4 Å². The molecule has 0 radical (unpaired) electrons. The van der Waals surface area contributed by atoms with Crippen LogP contribution in [0.3, 0.4) is 0 Å². The average Bonchev–Trinajstić information content (AvgIpc) is 2.66. The zero-order chi connectivity index (χ0) is 18.5.